The molecule has 0 bridgehead atoms. The molecular formula is C21H34IN3O2. The fourth-order valence-corrected chi connectivity index (χ4v) is 3.85. The fourth-order valence-electron chi connectivity index (χ4n) is 3.49. The van der Waals surface area contributed by atoms with Gasteiger partial charge in [-0.05, 0) is 99.2 Å². The van der Waals surface area contributed by atoms with Crippen LogP contribution >= 0.6 is 22.6 Å². The molecule has 1 aliphatic carbocycles. The van der Waals surface area contributed by atoms with Gasteiger partial charge in [0.15, 0.2) is 0 Å². The number of nitrogens with zero attached hydrogens (tertiary/aromatic N) is 1. The Morgan fingerprint density at radius 2 is 1.78 bits per heavy atom. The third kappa shape index (κ3) is 8.68. The normalized spacial score (nSPS) is 20.2. The van der Waals surface area contributed by atoms with Crippen molar-refractivity contribution in [2.75, 3.05) is 31.6 Å². The van der Waals surface area contributed by atoms with Gasteiger partial charge in [-0.25, -0.2) is 4.79 Å². The van der Waals surface area contributed by atoms with Gasteiger partial charge in [-0.3, -0.25) is 0 Å². The number of ether oxygens (including phenoxy) is 1. The van der Waals surface area contributed by atoms with Crippen LogP contribution in [-0.4, -0.2) is 44.4 Å². The minimum absolute atomic E-state index is 0.341. The van der Waals surface area contributed by atoms with E-state index < -0.39 is 5.60 Å². The molecule has 0 unspecified atom stereocenters. The first kappa shape index (κ1) is 22.3. The van der Waals surface area contributed by atoms with E-state index >= 15 is 0 Å². The molecule has 0 aliphatic heterocycles. The predicted octanol–water partition coefficient (Wildman–Crippen LogP) is 4.40. The monoisotopic (exact) mass is 487 g/mol. The Hall–Kier alpha value is -1.02. The molecule has 6 heteroatoms. The first-order valence-electron chi connectivity index (χ1n) is 9.90. The second-order valence-electron chi connectivity index (χ2n) is 8.46. The Morgan fingerprint density at radius 3 is 2.37 bits per heavy atom. The molecule has 27 heavy (non-hydrogen) atoms. The molecule has 0 aromatic heterocycles. The Balaban J connectivity index is 1.60. The average molecular weight is 487 g/mol. The van der Waals surface area contributed by atoms with Crippen molar-refractivity contribution in [3.8, 4) is 0 Å². The fraction of sp³-hybridized carbons (Fsp3) is 0.667. The van der Waals surface area contributed by atoms with Gasteiger partial charge in [0.1, 0.15) is 5.60 Å². The summed E-state index contributed by atoms with van der Waals surface area (Å²) in [6, 6.07) is 9.29. The van der Waals surface area contributed by atoms with E-state index in [4.69, 9.17) is 4.74 Å². The topological polar surface area (TPSA) is 53.6 Å². The van der Waals surface area contributed by atoms with Gasteiger partial charge in [0.05, 0.1) is 0 Å². The molecule has 0 radical (unpaired) electrons. The molecule has 1 saturated carbocycles. The lowest BCUT2D eigenvalue weighted by Gasteiger charge is -2.32. The van der Waals surface area contributed by atoms with Crippen molar-refractivity contribution in [2.24, 2.45) is 5.92 Å². The zero-order chi connectivity index (χ0) is 19.9. The lowest BCUT2D eigenvalue weighted by molar-refractivity contribution is 0.0527. The minimum atomic E-state index is -0.443. The van der Waals surface area contributed by atoms with E-state index in [-0.39, 0.29) is 6.09 Å². The number of amides is 1. The number of anilines is 1. The number of carbonyl (C=O) groups excluding carboxylic acids is 1. The maximum Gasteiger partial charge on any atom is 0.407 e. The number of nitrogens with one attached hydrogen (secondary N) is 2. The van der Waals surface area contributed by atoms with Crippen molar-refractivity contribution < 1.29 is 9.53 Å². The van der Waals surface area contributed by atoms with E-state index in [2.05, 4.69) is 69.4 Å². The number of rotatable bonds is 7. The molecule has 0 heterocycles. The summed E-state index contributed by atoms with van der Waals surface area (Å²) in [5, 5.41) is 6.37. The largest absolute Gasteiger partial charge is 0.444 e. The van der Waals surface area contributed by atoms with E-state index in [0.717, 1.165) is 19.0 Å². The van der Waals surface area contributed by atoms with Crippen LogP contribution in [-0.2, 0) is 4.74 Å². The van der Waals surface area contributed by atoms with Crippen LogP contribution in [0, 0.1) is 9.49 Å². The Kier molecular flexibility index (Phi) is 8.66. The van der Waals surface area contributed by atoms with E-state index in [1.54, 1.807) is 0 Å². The molecule has 5 nitrogen and oxygen atoms in total. The average Bonchev–Trinajstić information content (AvgIpc) is 2.59. The second kappa shape index (κ2) is 10.5. The first-order chi connectivity index (χ1) is 12.7. The van der Waals surface area contributed by atoms with Crippen LogP contribution < -0.4 is 15.5 Å². The van der Waals surface area contributed by atoms with Gasteiger partial charge < -0.3 is 20.3 Å². The Bertz CT molecular complexity index is 578. The summed E-state index contributed by atoms with van der Waals surface area (Å²) in [6.45, 7) is 8.13. The lowest BCUT2D eigenvalue weighted by Crippen LogP contribution is -2.41. The molecular weight excluding hydrogens is 453 g/mol. The standard InChI is InChI=1S/C21H34IN3O2/c1-21(2,3)27-20(26)24-14-13-23-18-9-5-16(6-10-18)15-25(4)19-11-7-17(22)8-12-19/h7-8,11-12,16,18,23H,5-6,9-10,13-15H2,1-4H3,(H,24,26)/t16-,18-. The number of hydrogen-bond donors (Lipinski definition) is 2. The van der Waals surface area contributed by atoms with E-state index in [1.807, 2.05) is 20.8 Å². The van der Waals surface area contributed by atoms with Crippen LogP contribution in [0.5, 0.6) is 0 Å². The van der Waals surface area contributed by atoms with Crippen molar-refractivity contribution >= 4 is 34.4 Å². The van der Waals surface area contributed by atoms with Gasteiger partial charge in [0.25, 0.3) is 0 Å². The smallest absolute Gasteiger partial charge is 0.407 e. The van der Waals surface area contributed by atoms with Crippen LogP contribution in [0.1, 0.15) is 46.5 Å². The third-order valence-corrected chi connectivity index (χ3v) is 5.59. The highest BCUT2D eigenvalue weighted by Gasteiger charge is 2.22. The molecule has 1 aromatic rings. The lowest BCUT2D eigenvalue weighted by atomic mass is 9.85. The quantitative estimate of drug-likeness (QED) is 0.442. The highest BCUT2D eigenvalue weighted by Crippen LogP contribution is 2.26. The van der Waals surface area contributed by atoms with Gasteiger partial charge in [-0.1, -0.05) is 0 Å². The molecule has 2 N–H and O–H groups in total. The zero-order valence-corrected chi connectivity index (χ0v) is 19.2. The van der Waals surface area contributed by atoms with Gasteiger partial charge in [-0.15, -0.1) is 0 Å². The second-order valence-corrected chi connectivity index (χ2v) is 9.70. The van der Waals surface area contributed by atoms with Crippen LogP contribution in [0.25, 0.3) is 0 Å². The molecule has 152 valence electrons. The molecule has 1 aliphatic rings. The Labute approximate surface area is 177 Å². The number of carbonyl (C=O) groups is 1. The number of halogens is 1. The minimum Gasteiger partial charge on any atom is -0.444 e. The summed E-state index contributed by atoms with van der Waals surface area (Å²) < 4.78 is 6.52. The zero-order valence-electron chi connectivity index (χ0n) is 17.1. The highest BCUT2D eigenvalue weighted by atomic mass is 127. The van der Waals surface area contributed by atoms with Gasteiger partial charge in [0, 0.05) is 42.0 Å². The predicted molar refractivity (Wildman–Crippen MR) is 120 cm³/mol. The summed E-state index contributed by atoms with van der Waals surface area (Å²) >= 11 is 2.34. The van der Waals surface area contributed by atoms with Crippen LogP contribution in [0.3, 0.4) is 0 Å². The van der Waals surface area contributed by atoms with Crippen molar-refractivity contribution in [3.63, 3.8) is 0 Å². The number of benzene rings is 1. The molecule has 0 spiro atoms. The molecule has 1 fully saturated rings. The molecule has 1 aromatic carbocycles. The highest BCUT2D eigenvalue weighted by molar-refractivity contribution is 14.1. The molecule has 0 saturated heterocycles. The SMILES string of the molecule is CN(C[C@H]1CC[C@H](NCCNC(=O)OC(C)(C)C)CC1)c1ccc(I)cc1. The maximum atomic E-state index is 11.6. The molecule has 1 amide bonds. The van der Waals surface area contributed by atoms with Crippen molar-refractivity contribution in [3.05, 3.63) is 27.8 Å². The molecule has 2 rings (SSSR count). The van der Waals surface area contributed by atoms with Gasteiger partial charge in [0.2, 0.25) is 0 Å². The third-order valence-electron chi connectivity index (χ3n) is 4.87. The maximum absolute atomic E-state index is 11.6. The summed E-state index contributed by atoms with van der Waals surface area (Å²) in [7, 11) is 2.19. The van der Waals surface area contributed by atoms with Crippen LogP contribution in [0.2, 0.25) is 0 Å². The van der Waals surface area contributed by atoms with E-state index in [1.165, 1.54) is 34.9 Å². The summed E-state index contributed by atoms with van der Waals surface area (Å²) in [6.07, 6.45) is 4.58. The van der Waals surface area contributed by atoms with Gasteiger partial charge in [-0.2, -0.15) is 0 Å². The van der Waals surface area contributed by atoms with Crippen molar-refractivity contribution in [1.29, 1.82) is 0 Å². The van der Waals surface area contributed by atoms with Crippen molar-refractivity contribution in [1.82, 2.24) is 10.6 Å². The summed E-state index contributed by atoms with van der Waals surface area (Å²) in [5.41, 5.74) is 0.852. The van der Waals surface area contributed by atoms with E-state index in [0.29, 0.717) is 12.6 Å². The van der Waals surface area contributed by atoms with Gasteiger partial charge >= 0.3 is 6.09 Å². The van der Waals surface area contributed by atoms with Crippen molar-refractivity contribution in [2.45, 2.75) is 58.1 Å². The number of hydrogen-bond acceptors (Lipinski definition) is 4. The molecule has 0 atom stereocenters. The van der Waals surface area contributed by atoms with Crippen LogP contribution in [0.4, 0.5) is 10.5 Å². The summed E-state index contributed by atoms with van der Waals surface area (Å²) in [5.74, 6) is 0.757. The van der Waals surface area contributed by atoms with E-state index in [9.17, 15) is 4.79 Å². The Morgan fingerprint density at radius 1 is 1.15 bits per heavy atom. The summed E-state index contributed by atoms with van der Waals surface area (Å²) in [4.78, 5) is 14.0. The first-order valence-corrected chi connectivity index (χ1v) is 11.0. The van der Waals surface area contributed by atoms with Crippen LogP contribution in [0.15, 0.2) is 24.3 Å². The number of alkyl carbamates (subject to hydrolysis) is 1.